The zero-order valence-electron chi connectivity index (χ0n) is 22.1. The van der Waals surface area contributed by atoms with Crippen molar-refractivity contribution in [1.29, 1.82) is 0 Å². The van der Waals surface area contributed by atoms with Gasteiger partial charge in [-0.15, -0.1) is 0 Å². The molecule has 1 aliphatic carbocycles. The van der Waals surface area contributed by atoms with Gasteiger partial charge in [-0.2, -0.15) is 0 Å². The Morgan fingerprint density at radius 2 is 1.23 bits per heavy atom. The summed E-state index contributed by atoms with van der Waals surface area (Å²) in [7, 11) is 0. The maximum atomic E-state index is 6.25. The van der Waals surface area contributed by atoms with Crippen molar-refractivity contribution in [3.63, 3.8) is 0 Å². The number of hydrogen-bond donors (Lipinski definition) is 0. The van der Waals surface area contributed by atoms with Gasteiger partial charge in [-0.1, -0.05) is 73.7 Å². The number of fused-ring (bicyclic) bond motifs is 10. The van der Waals surface area contributed by atoms with Gasteiger partial charge in [0.05, 0.1) is 16.6 Å². The fourth-order valence-corrected chi connectivity index (χ4v) is 7.03. The topological polar surface area (TPSA) is 23.0 Å². The van der Waals surface area contributed by atoms with E-state index in [1.54, 1.807) is 0 Å². The van der Waals surface area contributed by atoms with Gasteiger partial charge in [0.15, 0.2) is 0 Å². The monoisotopic (exact) mass is 514 g/mol. The summed E-state index contributed by atoms with van der Waals surface area (Å²) in [5.41, 5.74) is 10.6. The molecule has 0 N–H and O–H groups in total. The Balaban J connectivity index is 1.29. The van der Waals surface area contributed by atoms with Gasteiger partial charge in [0.2, 0.25) is 0 Å². The summed E-state index contributed by atoms with van der Waals surface area (Å²) in [6.45, 7) is 2.34. The molecule has 5 aromatic carbocycles. The second-order valence-electron chi connectivity index (χ2n) is 11.0. The third kappa shape index (κ3) is 2.84. The van der Waals surface area contributed by atoms with Crippen molar-refractivity contribution in [3.05, 3.63) is 127 Å². The molecule has 0 aliphatic heterocycles. The van der Waals surface area contributed by atoms with E-state index in [0.717, 1.165) is 28.7 Å². The highest BCUT2D eigenvalue weighted by Gasteiger charge is 2.23. The van der Waals surface area contributed by atoms with Crippen LogP contribution < -0.4 is 0 Å². The van der Waals surface area contributed by atoms with E-state index in [9.17, 15) is 0 Å². The molecule has 0 fully saturated rings. The summed E-state index contributed by atoms with van der Waals surface area (Å²) < 4.78 is 11.1. The van der Waals surface area contributed by atoms with E-state index in [4.69, 9.17) is 4.42 Å². The molecule has 3 aromatic heterocycles. The van der Waals surface area contributed by atoms with E-state index >= 15 is 0 Å². The first kappa shape index (κ1) is 21.9. The van der Waals surface area contributed by atoms with Gasteiger partial charge in [-0.05, 0) is 61.0 Å². The SMILES string of the molecule is CC1CC=Cc2c1n(-c1ccc(-n3c4ccccc4c4c5c(ccc43)oc3ccccc35)cc1)c1ccccc21. The number of aromatic nitrogens is 2. The third-order valence-corrected chi connectivity index (χ3v) is 8.74. The second kappa shape index (κ2) is 8.00. The molecular weight excluding hydrogens is 488 g/mol. The summed E-state index contributed by atoms with van der Waals surface area (Å²) in [4.78, 5) is 0. The largest absolute Gasteiger partial charge is 0.456 e. The van der Waals surface area contributed by atoms with Gasteiger partial charge >= 0.3 is 0 Å². The van der Waals surface area contributed by atoms with Crippen LogP contribution in [-0.2, 0) is 0 Å². The predicted molar refractivity (Wildman–Crippen MR) is 167 cm³/mol. The maximum absolute atomic E-state index is 6.25. The number of para-hydroxylation sites is 3. The first-order valence-electron chi connectivity index (χ1n) is 14.0. The van der Waals surface area contributed by atoms with Crippen LogP contribution in [0.5, 0.6) is 0 Å². The number of benzene rings is 5. The Kier molecular flexibility index (Phi) is 4.37. The lowest BCUT2D eigenvalue weighted by Gasteiger charge is -2.19. The molecule has 0 amide bonds. The van der Waals surface area contributed by atoms with Gasteiger partial charge in [-0.3, -0.25) is 0 Å². The fourth-order valence-electron chi connectivity index (χ4n) is 7.03. The Morgan fingerprint density at radius 3 is 2.02 bits per heavy atom. The van der Waals surface area contributed by atoms with Crippen molar-refractivity contribution in [2.45, 2.75) is 19.3 Å². The molecule has 0 saturated carbocycles. The van der Waals surface area contributed by atoms with Gasteiger partial charge in [0, 0.05) is 55.5 Å². The van der Waals surface area contributed by atoms with Gasteiger partial charge in [0.1, 0.15) is 11.2 Å². The van der Waals surface area contributed by atoms with E-state index < -0.39 is 0 Å². The summed E-state index contributed by atoms with van der Waals surface area (Å²) in [6.07, 6.45) is 5.69. The Bertz CT molecular complexity index is 2310. The van der Waals surface area contributed by atoms with Crippen LogP contribution in [0.2, 0.25) is 0 Å². The van der Waals surface area contributed by atoms with Crippen LogP contribution in [-0.4, -0.2) is 9.13 Å². The van der Waals surface area contributed by atoms with Gasteiger partial charge in [0.25, 0.3) is 0 Å². The number of allylic oxidation sites excluding steroid dienone is 1. The molecule has 3 nitrogen and oxygen atoms in total. The van der Waals surface area contributed by atoms with E-state index in [2.05, 4.69) is 131 Å². The number of nitrogens with zero attached hydrogens (tertiary/aromatic N) is 2. The van der Waals surface area contributed by atoms with Crippen molar-refractivity contribution in [2.75, 3.05) is 0 Å². The third-order valence-electron chi connectivity index (χ3n) is 8.74. The summed E-state index contributed by atoms with van der Waals surface area (Å²) in [5, 5.41) is 6.15. The lowest BCUT2D eigenvalue weighted by Crippen LogP contribution is -2.07. The van der Waals surface area contributed by atoms with Crippen LogP contribution in [0.4, 0.5) is 0 Å². The molecule has 0 spiro atoms. The minimum absolute atomic E-state index is 0.469. The molecule has 1 aliphatic rings. The summed E-state index contributed by atoms with van der Waals surface area (Å²) in [6, 6.07) is 39.3. The number of furan rings is 1. The van der Waals surface area contributed by atoms with E-state index in [-0.39, 0.29) is 0 Å². The van der Waals surface area contributed by atoms with Crippen LogP contribution in [0.25, 0.3) is 72.1 Å². The molecule has 0 saturated heterocycles. The van der Waals surface area contributed by atoms with Crippen molar-refractivity contribution in [2.24, 2.45) is 0 Å². The van der Waals surface area contributed by atoms with Crippen LogP contribution in [0.3, 0.4) is 0 Å². The molecule has 1 atom stereocenters. The quantitative estimate of drug-likeness (QED) is 0.225. The van der Waals surface area contributed by atoms with E-state index in [1.807, 2.05) is 6.07 Å². The lowest BCUT2D eigenvalue weighted by atomic mass is 9.93. The standard InChI is InChI=1S/C37H26N2O/c1-23-9-8-13-27-26-10-2-5-14-30(26)39(37(23)27)25-19-17-24(18-20-25)38-31-15-6-3-11-28(31)35-32(38)21-22-34-36(35)29-12-4-7-16-33(29)40-34/h2-8,10-23H,9H2,1H3. The highest BCUT2D eigenvalue weighted by atomic mass is 16.3. The molecule has 190 valence electrons. The van der Waals surface area contributed by atoms with Crippen LogP contribution in [0, 0.1) is 0 Å². The molecule has 3 heterocycles. The smallest absolute Gasteiger partial charge is 0.136 e. The lowest BCUT2D eigenvalue weighted by molar-refractivity contribution is 0.669. The van der Waals surface area contributed by atoms with Crippen molar-refractivity contribution in [3.8, 4) is 11.4 Å². The van der Waals surface area contributed by atoms with Gasteiger partial charge < -0.3 is 13.6 Å². The molecule has 3 heteroatoms. The number of hydrogen-bond acceptors (Lipinski definition) is 1. The summed E-state index contributed by atoms with van der Waals surface area (Å²) in [5.74, 6) is 0.469. The van der Waals surface area contributed by atoms with Crippen molar-refractivity contribution in [1.82, 2.24) is 9.13 Å². The first-order chi connectivity index (χ1) is 19.8. The molecule has 1 unspecified atom stereocenters. The first-order valence-corrected chi connectivity index (χ1v) is 14.0. The van der Waals surface area contributed by atoms with Crippen LogP contribution in [0.1, 0.15) is 30.5 Å². The molecular formula is C37H26N2O. The average molecular weight is 515 g/mol. The Hall–Kier alpha value is -5.02. The molecule has 0 bridgehead atoms. The zero-order chi connectivity index (χ0) is 26.4. The summed E-state index contributed by atoms with van der Waals surface area (Å²) >= 11 is 0. The maximum Gasteiger partial charge on any atom is 0.136 e. The van der Waals surface area contributed by atoms with Crippen molar-refractivity contribution < 1.29 is 4.42 Å². The molecule has 0 radical (unpaired) electrons. The molecule has 9 rings (SSSR count). The molecule has 8 aromatic rings. The highest BCUT2D eigenvalue weighted by Crippen LogP contribution is 2.42. The normalized spacial score (nSPS) is 15.2. The Morgan fingerprint density at radius 1 is 0.575 bits per heavy atom. The predicted octanol–water partition coefficient (Wildman–Crippen LogP) is 10.1. The van der Waals surface area contributed by atoms with E-state index in [0.29, 0.717) is 5.92 Å². The zero-order valence-corrected chi connectivity index (χ0v) is 22.1. The van der Waals surface area contributed by atoms with E-state index in [1.165, 1.54) is 55.0 Å². The minimum atomic E-state index is 0.469. The van der Waals surface area contributed by atoms with Crippen LogP contribution >= 0.6 is 0 Å². The van der Waals surface area contributed by atoms with Crippen molar-refractivity contribution >= 4 is 60.7 Å². The average Bonchev–Trinajstić information content (AvgIpc) is 3.65. The van der Waals surface area contributed by atoms with Crippen LogP contribution in [0.15, 0.2) is 120 Å². The Labute approximate surface area is 231 Å². The number of rotatable bonds is 2. The molecule has 40 heavy (non-hydrogen) atoms. The fraction of sp³-hybridized carbons (Fsp3) is 0.0811. The second-order valence-corrected chi connectivity index (χ2v) is 11.0. The van der Waals surface area contributed by atoms with Gasteiger partial charge in [-0.25, -0.2) is 0 Å². The minimum Gasteiger partial charge on any atom is -0.456 e. The highest BCUT2D eigenvalue weighted by molar-refractivity contribution is 6.27.